The number of unbranched alkanes of at least 4 members (excludes halogenated alkanes) is 6. The maximum Gasteiger partial charge on any atom is 0.243 e. The van der Waals surface area contributed by atoms with Crippen molar-refractivity contribution in [2.45, 2.75) is 83.5 Å². The van der Waals surface area contributed by atoms with Crippen molar-refractivity contribution in [3.63, 3.8) is 0 Å². The van der Waals surface area contributed by atoms with Crippen LogP contribution in [0.2, 0.25) is 0 Å². The highest BCUT2D eigenvalue weighted by atomic mass is 32.2. The van der Waals surface area contributed by atoms with E-state index in [4.69, 9.17) is 0 Å². The topological polar surface area (TPSA) is 37.4 Å². The van der Waals surface area contributed by atoms with Crippen LogP contribution in [0.4, 0.5) is 0 Å². The van der Waals surface area contributed by atoms with Gasteiger partial charge >= 0.3 is 0 Å². The molecule has 0 aromatic heterocycles. The second kappa shape index (κ2) is 11.6. The smallest absolute Gasteiger partial charge is 0.207 e. The van der Waals surface area contributed by atoms with Crippen molar-refractivity contribution in [1.29, 1.82) is 0 Å². The predicted octanol–water partition coefficient (Wildman–Crippen LogP) is 5.40. The molecule has 0 unspecified atom stereocenters. The van der Waals surface area contributed by atoms with Crippen LogP contribution in [-0.4, -0.2) is 25.8 Å². The van der Waals surface area contributed by atoms with Crippen LogP contribution in [0.15, 0.2) is 29.2 Å². The van der Waals surface area contributed by atoms with Gasteiger partial charge in [-0.2, -0.15) is 4.31 Å². The Labute approximate surface area is 149 Å². The molecule has 1 aromatic rings. The molecule has 0 spiro atoms. The van der Waals surface area contributed by atoms with Gasteiger partial charge in [-0.3, -0.25) is 0 Å². The maximum absolute atomic E-state index is 13.0. The summed E-state index contributed by atoms with van der Waals surface area (Å²) in [4.78, 5) is 0.436. The van der Waals surface area contributed by atoms with E-state index in [1.807, 2.05) is 12.1 Å². The monoisotopic (exact) mass is 353 g/mol. The lowest BCUT2D eigenvalue weighted by atomic mass is 10.2. The second-order valence-corrected chi connectivity index (χ2v) is 8.46. The molecule has 0 N–H and O–H groups in total. The first-order valence-corrected chi connectivity index (χ1v) is 11.1. The second-order valence-electron chi connectivity index (χ2n) is 6.52. The van der Waals surface area contributed by atoms with Gasteiger partial charge in [-0.15, -0.1) is 0 Å². The van der Waals surface area contributed by atoms with Crippen LogP contribution in [0.1, 0.15) is 77.7 Å². The fourth-order valence-corrected chi connectivity index (χ4v) is 4.35. The molecule has 0 aliphatic carbocycles. The van der Waals surface area contributed by atoms with Crippen LogP contribution in [0, 0.1) is 0 Å². The average Bonchev–Trinajstić information content (AvgIpc) is 2.60. The van der Waals surface area contributed by atoms with Gasteiger partial charge < -0.3 is 0 Å². The number of aryl methyl sites for hydroxylation is 1. The summed E-state index contributed by atoms with van der Waals surface area (Å²) in [7, 11) is -3.37. The molecule has 1 aromatic carbocycles. The van der Waals surface area contributed by atoms with E-state index >= 15 is 0 Å². The zero-order valence-corrected chi connectivity index (χ0v) is 16.6. The van der Waals surface area contributed by atoms with Gasteiger partial charge in [0.05, 0.1) is 4.90 Å². The maximum atomic E-state index is 13.0. The van der Waals surface area contributed by atoms with Crippen molar-refractivity contribution in [1.82, 2.24) is 4.31 Å². The van der Waals surface area contributed by atoms with E-state index in [1.165, 1.54) is 31.2 Å². The minimum Gasteiger partial charge on any atom is -0.207 e. The van der Waals surface area contributed by atoms with Crippen LogP contribution in [-0.2, 0) is 16.4 Å². The van der Waals surface area contributed by atoms with E-state index in [0.29, 0.717) is 18.0 Å². The molecule has 3 nitrogen and oxygen atoms in total. The quantitative estimate of drug-likeness (QED) is 0.445. The van der Waals surface area contributed by atoms with Gasteiger partial charge in [0.15, 0.2) is 0 Å². The van der Waals surface area contributed by atoms with Gasteiger partial charge in [-0.1, -0.05) is 71.4 Å². The summed E-state index contributed by atoms with van der Waals surface area (Å²) >= 11 is 0. The molecular weight excluding hydrogens is 318 g/mol. The SMILES string of the molecule is CCCCCCN(CCCCCC)S(=O)(=O)c1ccc(CC)cc1. The molecule has 0 atom stereocenters. The van der Waals surface area contributed by atoms with Crippen LogP contribution in [0.3, 0.4) is 0 Å². The lowest BCUT2D eigenvalue weighted by Crippen LogP contribution is -2.33. The van der Waals surface area contributed by atoms with Crippen molar-refractivity contribution in [3.8, 4) is 0 Å². The van der Waals surface area contributed by atoms with Gasteiger partial charge in [-0.25, -0.2) is 8.42 Å². The van der Waals surface area contributed by atoms with E-state index in [1.54, 1.807) is 16.4 Å². The Bertz CT molecular complexity index is 525. The molecule has 4 heteroatoms. The number of hydrogen-bond donors (Lipinski definition) is 0. The zero-order chi connectivity index (χ0) is 17.8. The zero-order valence-electron chi connectivity index (χ0n) is 15.8. The normalized spacial score (nSPS) is 12.0. The van der Waals surface area contributed by atoms with E-state index in [-0.39, 0.29) is 0 Å². The molecule has 0 aliphatic rings. The Hall–Kier alpha value is -0.870. The third kappa shape index (κ3) is 6.94. The Balaban J connectivity index is 2.79. The molecule has 0 saturated carbocycles. The highest BCUT2D eigenvalue weighted by molar-refractivity contribution is 7.89. The molecule has 0 fully saturated rings. The molecular formula is C20H35NO2S. The van der Waals surface area contributed by atoms with Gasteiger partial charge in [-0.05, 0) is 37.0 Å². The fraction of sp³-hybridized carbons (Fsp3) is 0.700. The molecule has 1 rings (SSSR count). The number of sulfonamides is 1. The lowest BCUT2D eigenvalue weighted by molar-refractivity contribution is 0.385. The summed E-state index contributed by atoms with van der Waals surface area (Å²) < 4.78 is 27.7. The number of nitrogens with zero attached hydrogens (tertiary/aromatic N) is 1. The van der Waals surface area contributed by atoms with Crippen LogP contribution in [0.5, 0.6) is 0 Å². The molecule has 138 valence electrons. The fourth-order valence-electron chi connectivity index (χ4n) is 2.83. The first-order valence-electron chi connectivity index (χ1n) is 9.65. The highest BCUT2D eigenvalue weighted by Crippen LogP contribution is 2.19. The van der Waals surface area contributed by atoms with E-state index < -0.39 is 10.0 Å². The lowest BCUT2D eigenvalue weighted by Gasteiger charge is -2.22. The molecule has 0 bridgehead atoms. The number of hydrogen-bond acceptors (Lipinski definition) is 2. The van der Waals surface area contributed by atoms with Gasteiger partial charge in [0.2, 0.25) is 10.0 Å². The van der Waals surface area contributed by atoms with Gasteiger partial charge in [0.1, 0.15) is 0 Å². The Kier molecular flexibility index (Phi) is 10.3. The minimum atomic E-state index is -3.37. The average molecular weight is 354 g/mol. The van der Waals surface area contributed by atoms with E-state index in [2.05, 4.69) is 20.8 Å². The van der Waals surface area contributed by atoms with Crippen molar-refractivity contribution in [3.05, 3.63) is 29.8 Å². The van der Waals surface area contributed by atoms with Crippen molar-refractivity contribution < 1.29 is 8.42 Å². The standard InChI is InChI=1S/C20H35NO2S/c1-4-7-9-11-17-21(18-12-10-8-5-2)24(22,23)20-15-13-19(6-3)14-16-20/h13-16H,4-12,17-18H2,1-3H3. The van der Waals surface area contributed by atoms with E-state index in [0.717, 1.165) is 32.1 Å². The van der Waals surface area contributed by atoms with Crippen LogP contribution in [0.25, 0.3) is 0 Å². The first-order chi connectivity index (χ1) is 11.6. The largest absolute Gasteiger partial charge is 0.243 e. The van der Waals surface area contributed by atoms with Crippen molar-refractivity contribution >= 4 is 10.0 Å². The summed E-state index contributed by atoms with van der Waals surface area (Å²) in [6.07, 6.45) is 9.73. The molecule has 0 amide bonds. The van der Waals surface area contributed by atoms with E-state index in [9.17, 15) is 8.42 Å². The molecule has 0 radical (unpaired) electrons. The van der Waals surface area contributed by atoms with Crippen molar-refractivity contribution in [2.24, 2.45) is 0 Å². The summed E-state index contributed by atoms with van der Waals surface area (Å²) in [5.41, 5.74) is 1.17. The minimum absolute atomic E-state index is 0.436. The number of benzene rings is 1. The Morgan fingerprint density at radius 3 is 1.67 bits per heavy atom. The molecule has 0 saturated heterocycles. The predicted molar refractivity (Wildman–Crippen MR) is 103 cm³/mol. The van der Waals surface area contributed by atoms with Crippen LogP contribution < -0.4 is 0 Å². The van der Waals surface area contributed by atoms with Gasteiger partial charge in [0.25, 0.3) is 0 Å². The third-order valence-electron chi connectivity index (χ3n) is 4.49. The number of rotatable bonds is 13. The Morgan fingerprint density at radius 2 is 1.25 bits per heavy atom. The Morgan fingerprint density at radius 1 is 0.750 bits per heavy atom. The highest BCUT2D eigenvalue weighted by Gasteiger charge is 2.23. The van der Waals surface area contributed by atoms with Crippen LogP contribution >= 0.6 is 0 Å². The summed E-state index contributed by atoms with van der Waals surface area (Å²) in [6, 6.07) is 7.39. The molecule has 24 heavy (non-hydrogen) atoms. The first kappa shape index (κ1) is 21.2. The summed E-state index contributed by atoms with van der Waals surface area (Å²) in [6.45, 7) is 7.72. The summed E-state index contributed by atoms with van der Waals surface area (Å²) in [5.74, 6) is 0. The summed E-state index contributed by atoms with van der Waals surface area (Å²) in [5, 5.41) is 0. The van der Waals surface area contributed by atoms with Crippen molar-refractivity contribution in [2.75, 3.05) is 13.1 Å². The molecule has 0 heterocycles. The van der Waals surface area contributed by atoms with Gasteiger partial charge in [0, 0.05) is 13.1 Å². The third-order valence-corrected chi connectivity index (χ3v) is 6.40. The molecule has 0 aliphatic heterocycles.